The molecule has 1 aliphatic rings. The molecule has 1 fully saturated rings. The quantitative estimate of drug-likeness (QED) is 0.596. The molecule has 0 spiro atoms. The number of amides is 1. The molecule has 1 saturated heterocycles. The largest absolute Gasteiger partial charge is 0.443 e. The van der Waals surface area contributed by atoms with Crippen LogP contribution in [-0.2, 0) is 11.0 Å². The Bertz CT molecular complexity index is 890. The number of thiazole rings is 1. The van der Waals surface area contributed by atoms with Crippen molar-refractivity contribution >= 4 is 44.9 Å². The van der Waals surface area contributed by atoms with Crippen LogP contribution in [0.4, 0.5) is 23.2 Å². The number of hydrogen-bond acceptors (Lipinski definition) is 5. The highest BCUT2D eigenvalue weighted by Crippen LogP contribution is 2.43. The van der Waals surface area contributed by atoms with Crippen LogP contribution in [-0.4, -0.2) is 29.4 Å². The highest BCUT2D eigenvalue weighted by atomic mass is 35.5. The third kappa shape index (κ3) is 4.95. The zero-order valence-electron chi connectivity index (χ0n) is 14.7. The molecule has 1 aromatic heterocycles. The second-order valence-electron chi connectivity index (χ2n) is 6.59. The topological polar surface area (TPSA) is 66.0 Å². The van der Waals surface area contributed by atoms with E-state index in [1.807, 2.05) is 12.5 Å². The summed E-state index contributed by atoms with van der Waals surface area (Å²) in [7, 11) is -1.66. The molecule has 2 aromatic rings. The standard InChI is InChI=1S/C16H17ClF4N4OS2/c1-28(2)24-11(13-7-22-15(27-13)16(19,20)21)6-12(25-28)14(26)23-8-3-4-10(18)9(17)5-8/h3-5,7,11-12,24-25H,6H2,1-2H3,(H,23,26). The molecular weight excluding hydrogens is 440 g/mol. The second-order valence-corrected chi connectivity index (χ2v) is 11.2. The molecule has 0 bridgehead atoms. The van der Waals surface area contributed by atoms with E-state index in [1.54, 1.807) is 0 Å². The van der Waals surface area contributed by atoms with Crippen molar-refractivity contribution in [1.82, 2.24) is 14.4 Å². The molecule has 0 radical (unpaired) electrons. The summed E-state index contributed by atoms with van der Waals surface area (Å²) in [6.45, 7) is 0. The van der Waals surface area contributed by atoms with Gasteiger partial charge in [0.15, 0.2) is 5.01 Å². The first kappa shape index (κ1) is 21.3. The number of benzene rings is 1. The van der Waals surface area contributed by atoms with Crippen molar-refractivity contribution in [2.75, 3.05) is 17.8 Å². The van der Waals surface area contributed by atoms with Crippen LogP contribution in [0.25, 0.3) is 0 Å². The SMILES string of the molecule is CS1(C)NC(C(=O)Nc2ccc(F)c(Cl)c2)CC(c2cnc(C(F)(F)F)s2)N1. The Hall–Kier alpha value is -1.40. The van der Waals surface area contributed by atoms with Gasteiger partial charge in [-0.05, 0) is 37.1 Å². The Balaban J connectivity index is 1.77. The first-order chi connectivity index (χ1) is 12.9. The van der Waals surface area contributed by atoms with Gasteiger partial charge in [0.1, 0.15) is 5.82 Å². The van der Waals surface area contributed by atoms with Crippen LogP contribution in [0.15, 0.2) is 24.4 Å². The van der Waals surface area contributed by atoms with E-state index in [0.717, 1.165) is 6.07 Å². The lowest BCUT2D eigenvalue weighted by Gasteiger charge is -2.45. The van der Waals surface area contributed by atoms with Gasteiger partial charge in [-0.3, -0.25) is 14.2 Å². The first-order valence-electron chi connectivity index (χ1n) is 8.01. The van der Waals surface area contributed by atoms with E-state index >= 15 is 0 Å². The third-order valence-electron chi connectivity index (χ3n) is 3.96. The van der Waals surface area contributed by atoms with E-state index in [1.165, 1.54) is 18.3 Å². The van der Waals surface area contributed by atoms with E-state index in [-0.39, 0.29) is 17.4 Å². The molecule has 1 aromatic carbocycles. The fourth-order valence-electron chi connectivity index (χ4n) is 2.79. The number of carbonyl (C=O) groups excluding carboxylic acids is 1. The van der Waals surface area contributed by atoms with Gasteiger partial charge in [0.05, 0.1) is 17.1 Å². The van der Waals surface area contributed by atoms with E-state index in [0.29, 0.717) is 21.9 Å². The third-order valence-corrected chi connectivity index (χ3v) is 7.15. The summed E-state index contributed by atoms with van der Waals surface area (Å²) >= 11 is 6.29. The van der Waals surface area contributed by atoms with Crippen LogP contribution < -0.4 is 14.8 Å². The summed E-state index contributed by atoms with van der Waals surface area (Å²) < 4.78 is 58.3. The summed E-state index contributed by atoms with van der Waals surface area (Å²) in [6, 6.07) is 2.71. The molecule has 5 nitrogen and oxygen atoms in total. The molecule has 0 aliphatic carbocycles. The summed E-state index contributed by atoms with van der Waals surface area (Å²) in [4.78, 5) is 16.5. The predicted molar refractivity (Wildman–Crippen MR) is 104 cm³/mol. The highest BCUT2D eigenvalue weighted by Gasteiger charge is 2.38. The maximum atomic E-state index is 13.3. The van der Waals surface area contributed by atoms with Crippen LogP contribution in [0.1, 0.15) is 22.3 Å². The number of nitrogens with zero attached hydrogens (tertiary/aromatic N) is 1. The molecule has 28 heavy (non-hydrogen) atoms. The van der Waals surface area contributed by atoms with E-state index in [4.69, 9.17) is 11.6 Å². The number of alkyl halides is 3. The van der Waals surface area contributed by atoms with Crippen LogP contribution in [0, 0.1) is 5.82 Å². The molecule has 1 aliphatic heterocycles. The van der Waals surface area contributed by atoms with Crippen molar-refractivity contribution in [3.8, 4) is 0 Å². The van der Waals surface area contributed by atoms with Crippen molar-refractivity contribution < 1.29 is 22.4 Å². The van der Waals surface area contributed by atoms with Gasteiger partial charge in [-0.2, -0.15) is 13.2 Å². The lowest BCUT2D eigenvalue weighted by Crippen LogP contribution is -2.51. The summed E-state index contributed by atoms with van der Waals surface area (Å²) in [5, 5.41) is 1.62. The lowest BCUT2D eigenvalue weighted by atomic mass is 10.1. The number of halogens is 5. The fourth-order valence-corrected chi connectivity index (χ4v) is 5.81. The minimum Gasteiger partial charge on any atom is -0.325 e. The van der Waals surface area contributed by atoms with Gasteiger partial charge >= 0.3 is 6.18 Å². The van der Waals surface area contributed by atoms with Crippen LogP contribution in [0.3, 0.4) is 0 Å². The zero-order valence-corrected chi connectivity index (χ0v) is 17.1. The van der Waals surface area contributed by atoms with Gasteiger partial charge in [-0.15, -0.1) is 21.7 Å². The van der Waals surface area contributed by atoms with Crippen molar-refractivity contribution in [3.05, 3.63) is 45.1 Å². The Morgan fingerprint density at radius 1 is 1.36 bits per heavy atom. The van der Waals surface area contributed by atoms with Crippen molar-refractivity contribution in [3.63, 3.8) is 0 Å². The Morgan fingerprint density at radius 3 is 2.68 bits per heavy atom. The van der Waals surface area contributed by atoms with E-state index in [9.17, 15) is 22.4 Å². The van der Waals surface area contributed by atoms with Gasteiger partial charge in [0.2, 0.25) is 5.91 Å². The smallest absolute Gasteiger partial charge is 0.325 e. The molecule has 12 heteroatoms. The molecule has 2 atom stereocenters. The Kier molecular flexibility index (Phi) is 5.93. The summed E-state index contributed by atoms with van der Waals surface area (Å²) in [5.41, 5.74) is 0.332. The number of nitrogens with one attached hydrogen (secondary N) is 3. The number of carbonyl (C=O) groups is 1. The minimum absolute atomic E-state index is 0.121. The molecule has 2 heterocycles. The van der Waals surface area contributed by atoms with E-state index < -0.39 is 39.5 Å². The fraction of sp³-hybridized carbons (Fsp3) is 0.375. The average molecular weight is 457 g/mol. The predicted octanol–water partition coefficient (Wildman–Crippen LogP) is 4.48. The lowest BCUT2D eigenvalue weighted by molar-refractivity contribution is -0.137. The molecule has 154 valence electrons. The first-order valence-corrected chi connectivity index (χ1v) is 11.7. The van der Waals surface area contributed by atoms with Gasteiger partial charge < -0.3 is 5.32 Å². The van der Waals surface area contributed by atoms with Gasteiger partial charge in [-0.25, -0.2) is 9.37 Å². The minimum atomic E-state index is -4.50. The van der Waals surface area contributed by atoms with E-state index in [2.05, 4.69) is 19.7 Å². The monoisotopic (exact) mass is 456 g/mol. The molecule has 0 saturated carbocycles. The molecule has 3 N–H and O–H groups in total. The average Bonchev–Trinajstić information content (AvgIpc) is 3.07. The van der Waals surface area contributed by atoms with Gasteiger partial charge in [0, 0.05) is 16.8 Å². The Labute approximate surface area is 169 Å². The van der Waals surface area contributed by atoms with Crippen molar-refractivity contribution in [1.29, 1.82) is 0 Å². The summed E-state index contributed by atoms with van der Waals surface area (Å²) in [6.07, 6.45) is 0.647. The zero-order chi connectivity index (χ0) is 20.7. The maximum Gasteiger partial charge on any atom is 0.443 e. The second kappa shape index (κ2) is 7.79. The molecule has 2 unspecified atom stereocenters. The normalized spacial score (nSPS) is 23.2. The van der Waals surface area contributed by atoms with Crippen LogP contribution in [0.5, 0.6) is 0 Å². The number of anilines is 1. The van der Waals surface area contributed by atoms with Gasteiger partial charge in [-0.1, -0.05) is 11.6 Å². The molecule has 1 amide bonds. The summed E-state index contributed by atoms with van der Waals surface area (Å²) in [5.74, 6) is -0.980. The number of aromatic nitrogens is 1. The Morgan fingerprint density at radius 2 is 2.07 bits per heavy atom. The number of rotatable bonds is 3. The van der Waals surface area contributed by atoms with Crippen molar-refractivity contribution in [2.24, 2.45) is 0 Å². The number of hydrogen-bond donors (Lipinski definition) is 3. The van der Waals surface area contributed by atoms with Crippen LogP contribution in [0.2, 0.25) is 5.02 Å². The molecular formula is C16H17ClF4N4OS2. The van der Waals surface area contributed by atoms with Crippen molar-refractivity contribution in [2.45, 2.75) is 24.7 Å². The highest BCUT2D eigenvalue weighted by molar-refractivity contribution is 8.29. The van der Waals surface area contributed by atoms with Gasteiger partial charge in [0.25, 0.3) is 0 Å². The molecule has 3 rings (SSSR count). The maximum absolute atomic E-state index is 13.3. The van der Waals surface area contributed by atoms with Crippen LogP contribution >= 0.6 is 33.3 Å².